The van der Waals surface area contributed by atoms with Crippen molar-refractivity contribution >= 4 is 43.6 Å². The highest BCUT2D eigenvalue weighted by atomic mass is 15.0. The normalized spacial score (nSPS) is 11.4. The first-order valence-corrected chi connectivity index (χ1v) is 15.1. The largest absolute Gasteiger partial charge is 0.308 e. The van der Waals surface area contributed by atoms with E-state index in [2.05, 4.69) is 132 Å². The van der Waals surface area contributed by atoms with Gasteiger partial charge in [0.15, 0.2) is 0 Å². The van der Waals surface area contributed by atoms with E-state index in [9.17, 15) is 10.5 Å². The van der Waals surface area contributed by atoms with Gasteiger partial charge in [-0.3, -0.25) is 0 Å². The highest BCUT2D eigenvalue weighted by Crippen LogP contribution is 2.42. The van der Waals surface area contributed by atoms with Gasteiger partial charge in [-0.05, 0) is 86.5 Å². The van der Waals surface area contributed by atoms with Crippen LogP contribution in [0.15, 0.2) is 115 Å². The van der Waals surface area contributed by atoms with Crippen LogP contribution in [0, 0.1) is 43.4 Å². The summed E-state index contributed by atoms with van der Waals surface area (Å²) in [4.78, 5) is 0. The van der Waals surface area contributed by atoms with E-state index < -0.39 is 0 Å². The molecule has 0 fully saturated rings. The molecule has 4 heteroatoms. The van der Waals surface area contributed by atoms with Gasteiger partial charge in [-0.15, -0.1) is 0 Å². The number of aromatic nitrogens is 2. The zero-order chi connectivity index (χ0) is 30.8. The summed E-state index contributed by atoms with van der Waals surface area (Å²) in [6.45, 7) is 6.26. The lowest BCUT2D eigenvalue weighted by atomic mass is 9.94. The molecule has 6 aromatic carbocycles. The number of benzene rings is 6. The highest BCUT2D eigenvalue weighted by molar-refractivity contribution is 6.12. The van der Waals surface area contributed by atoms with Gasteiger partial charge in [0.25, 0.3) is 0 Å². The van der Waals surface area contributed by atoms with Crippen molar-refractivity contribution in [2.75, 3.05) is 0 Å². The maximum atomic E-state index is 11.2. The molecule has 0 N–H and O–H groups in total. The van der Waals surface area contributed by atoms with Gasteiger partial charge in [0.05, 0.1) is 45.1 Å². The zero-order valence-electron chi connectivity index (χ0n) is 25.3. The van der Waals surface area contributed by atoms with E-state index in [1.807, 2.05) is 25.1 Å². The summed E-state index contributed by atoms with van der Waals surface area (Å²) in [6, 6.07) is 44.8. The van der Waals surface area contributed by atoms with Crippen LogP contribution < -0.4 is 0 Å². The van der Waals surface area contributed by atoms with Crippen molar-refractivity contribution in [2.45, 2.75) is 20.8 Å². The van der Waals surface area contributed by atoms with Gasteiger partial charge in [0.1, 0.15) is 11.6 Å². The van der Waals surface area contributed by atoms with Crippen molar-refractivity contribution in [2.24, 2.45) is 0 Å². The van der Waals surface area contributed by atoms with Gasteiger partial charge in [-0.2, -0.15) is 10.5 Å². The monoisotopic (exact) mass is 576 g/mol. The van der Waals surface area contributed by atoms with Crippen molar-refractivity contribution in [3.8, 4) is 34.6 Å². The minimum Gasteiger partial charge on any atom is -0.308 e. The van der Waals surface area contributed by atoms with Crippen LogP contribution in [0.25, 0.3) is 66.1 Å². The zero-order valence-corrected chi connectivity index (χ0v) is 25.3. The number of nitrogens with zero attached hydrogens (tertiary/aromatic N) is 4. The second-order valence-electron chi connectivity index (χ2n) is 11.9. The number of hydrogen-bond acceptors (Lipinski definition) is 2. The first kappa shape index (κ1) is 26.5. The maximum Gasteiger partial charge on any atom is 0.104 e. The minimum atomic E-state index is 0.586. The number of para-hydroxylation sites is 2. The summed E-state index contributed by atoms with van der Waals surface area (Å²) in [5, 5.41) is 25.4. The number of rotatable bonds is 3. The second-order valence-corrected chi connectivity index (χ2v) is 11.9. The predicted octanol–water partition coefficient (Wildman–Crippen LogP) is 10.2. The van der Waals surface area contributed by atoms with Crippen molar-refractivity contribution in [3.63, 3.8) is 0 Å². The fraction of sp³-hybridized carbons (Fsp3) is 0.0732. The van der Waals surface area contributed by atoms with Crippen molar-refractivity contribution < 1.29 is 0 Å². The molecule has 0 spiro atoms. The topological polar surface area (TPSA) is 57.4 Å². The standard InChI is InChI=1S/C41H28N4/c1-25-12-17-38-33(20-25)30-8-4-6-10-36(30)44(38)40-19-16-32(29-15-14-28(23-42)22-27(29)3)41(35(40)24-43)45-37-11-7-5-9-31(37)34-21-26(2)13-18-39(34)45/h4-22H,1-3H3. The third kappa shape index (κ3) is 3.90. The van der Waals surface area contributed by atoms with Crippen LogP contribution in [0.3, 0.4) is 0 Å². The van der Waals surface area contributed by atoms with Crippen LogP contribution in [-0.2, 0) is 0 Å². The number of fused-ring (bicyclic) bond motifs is 6. The van der Waals surface area contributed by atoms with Crippen LogP contribution in [0.2, 0.25) is 0 Å². The van der Waals surface area contributed by atoms with Crippen LogP contribution in [0.4, 0.5) is 0 Å². The Hall–Kier alpha value is -6.10. The van der Waals surface area contributed by atoms with E-state index in [-0.39, 0.29) is 0 Å². The van der Waals surface area contributed by atoms with Crippen LogP contribution in [-0.4, -0.2) is 9.13 Å². The number of aryl methyl sites for hydroxylation is 3. The summed E-state index contributed by atoms with van der Waals surface area (Å²) in [5.41, 5.74) is 12.3. The molecule has 0 saturated heterocycles. The molecule has 45 heavy (non-hydrogen) atoms. The molecule has 2 heterocycles. The summed E-state index contributed by atoms with van der Waals surface area (Å²) < 4.78 is 4.50. The van der Waals surface area contributed by atoms with Gasteiger partial charge in [0.2, 0.25) is 0 Å². The molecule has 0 bridgehead atoms. The summed E-state index contributed by atoms with van der Waals surface area (Å²) in [6.07, 6.45) is 0. The van der Waals surface area contributed by atoms with E-state index in [1.54, 1.807) is 0 Å². The van der Waals surface area contributed by atoms with E-state index >= 15 is 0 Å². The van der Waals surface area contributed by atoms with Gasteiger partial charge in [-0.25, -0.2) is 0 Å². The lowest BCUT2D eigenvalue weighted by molar-refractivity contribution is 1.12. The van der Waals surface area contributed by atoms with Crippen molar-refractivity contribution in [1.82, 2.24) is 9.13 Å². The first-order chi connectivity index (χ1) is 22.0. The fourth-order valence-corrected chi connectivity index (χ4v) is 7.04. The van der Waals surface area contributed by atoms with E-state index in [4.69, 9.17) is 0 Å². The molecule has 0 saturated carbocycles. The maximum absolute atomic E-state index is 11.2. The Bertz CT molecular complexity index is 2600. The average Bonchev–Trinajstić information content (AvgIpc) is 3.56. The Balaban J connectivity index is 1.57. The molecule has 212 valence electrons. The fourth-order valence-electron chi connectivity index (χ4n) is 7.04. The molecule has 0 unspecified atom stereocenters. The van der Waals surface area contributed by atoms with Gasteiger partial charge < -0.3 is 9.13 Å². The number of hydrogen-bond donors (Lipinski definition) is 0. The molecule has 8 aromatic rings. The van der Waals surface area contributed by atoms with Crippen LogP contribution >= 0.6 is 0 Å². The smallest absolute Gasteiger partial charge is 0.104 e. The summed E-state index contributed by atoms with van der Waals surface area (Å²) >= 11 is 0. The Morgan fingerprint density at radius 1 is 0.489 bits per heavy atom. The molecular formula is C41H28N4. The molecule has 0 radical (unpaired) electrons. The lowest BCUT2D eigenvalue weighted by Gasteiger charge is -2.21. The molecule has 0 amide bonds. The molecule has 0 aliphatic rings. The van der Waals surface area contributed by atoms with Gasteiger partial charge in [0, 0.05) is 27.1 Å². The van der Waals surface area contributed by atoms with Crippen LogP contribution in [0.5, 0.6) is 0 Å². The third-order valence-electron chi connectivity index (χ3n) is 9.03. The SMILES string of the molecule is Cc1ccc2c(c1)c1ccccc1n2-c1ccc(-c2ccc(C#N)cc2C)c(-n2c3ccccc3c3cc(C)ccc32)c1C#N. The Labute approximate surface area is 261 Å². The Kier molecular flexibility index (Phi) is 5.88. The Morgan fingerprint density at radius 3 is 1.64 bits per heavy atom. The van der Waals surface area contributed by atoms with Gasteiger partial charge in [-0.1, -0.05) is 71.8 Å². The molecule has 2 aromatic heterocycles. The average molecular weight is 577 g/mol. The van der Waals surface area contributed by atoms with Crippen molar-refractivity contribution in [1.29, 1.82) is 10.5 Å². The van der Waals surface area contributed by atoms with Crippen molar-refractivity contribution in [3.05, 3.63) is 143 Å². The molecule has 4 nitrogen and oxygen atoms in total. The molecule has 0 aliphatic heterocycles. The molecule has 0 aliphatic carbocycles. The summed E-state index contributed by atoms with van der Waals surface area (Å²) in [5.74, 6) is 0. The molecular weight excluding hydrogens is 548 g/mol. The van der Waals surface area contributed by atoms with Crippen LogP contribution in [0.1, 0.15) is 27.8 Å². The third-order valence-corrected chi connectivity index (χ3v) is 9.03. The second kappa shape index (κ2) is 9.98. The van der Waals surface area contributed by atoms with E-state index in [0.717, 1.165) is 71.7 Å². The number of nitriles is 2. The lowest BCUT2D eigenvalue weighted by Crippen LogP contribution is -2.07. The van der Waals surface area contributed by atoms with E-state index in [0.29, 0.717) is 11.1 Å². The Morgan fingerprint density at radius 2 is 1.04 bits per heavy atom. The molecule has 8 rings (SSSR count). The minimum absolute atomic E-state index is 0.586. The highest BCUT2D eigenvalue weighted by Gasteiger charge is 2.24. The first-order valence-electron chi connectivity index (χ1n) is 15.1. The van der Waals surface area contributed by atoms with Gasteiger partial charge >= 0.3 is 0 Å². The predicted molar refractivity (Wildman–Crippen MR) is 184 cm³/mol. The van der Waals surface area contributed by atoms with E-state index in [1.165, 1.54) is 11.1 Å². The summed E-state index contributed by atoms with van der Waals surface area (Å²) in [7, 11) is 0. The molecule has 0 atom stereocenters. The quantitative estimate of drug-likeness (QED) is 0.210.